The number of ether oxygens (including phenoxy) is 2. The van der Waals surface area contributed by atoms with Crippen LogP contribution in [0.5, 0.6) is 5.75 Å². The first kappa shape index (κ1) is 19.9. The molecule has 154 valence electrons. The molecule has 8 heteroatoms. The fourth-order valence-electron chi connectivity index (χ4n) is 3.79. The number of amides is 1. The molecule has 29 heavy (non-hydrogen) atoms. The number of carbonyl (C=O) groups is 1. The van der Waals surface area contributed by atoms with E-state index in [2.05, 4.69) is 6.07 Å². The molecule has 0 N–H and O–H groups in total. The SMILES string of the molecule is COc1ccc(C(=O)N2CCc3ccccc3C2)cc1S(=O)(=O)N1CCOCC1. The number of morpholine rings is 1. The van der Waals surface area contributed by atoms with Crippen LogP contribution in [0.4, 0.5) is 0 Å². The third kappa shape index (κ3) is 3.88. The summed E-state index contributed by atoms with van der Waals surface area (Å²) < 4.78 is 38.2. The molecule has 2 aliphatic rings. The number of fused-ring (bicyclic) bond motifs is 1. The van der Waals surface area contributed by atoms with Crippen molar-refractivity contribution in [3.8, 4) is 5.75 Å². The molecule has 0 spiro atoms. The van der Waals surface area contributed by atoms with E-state index in [-0.39, 0.29) is 29.6 Å². The number of rotatable bonds is 4. The summed E-state index contributed by atoms with van der Waals surface area (Å²) in [6.45, 7) is 2.40. The number of hydrogen-bond acceptors (Lipinski definition) is 5. The Kier molecular flexibility index (Phi) is 5.58. The van der Waals surface area contributed by atoms with Gasteiger partial charge < -0.3 is 14.4 Å². The van der Waals surface area contributed by atoms with Gasteiger partial charge in [-0.25, -0.2) is 8.42 Å². The zero-order valence-corrected chi connectivity index (χ0v) is 17.2. The highest BCUT2D eigenvalue weighted by Crippen LogP contribution is 2.29. The Morgan fingerprint density at radius 2 is 1.76 bits per heavy atom. The van der Waals surface area contributed by atoms with Crippen LogP contribution in [0.1, 0.15) is 21.5 Å². The van der Waals surface area contributed by atoms with Crippen molar-refractivity contribution < 1.29 is 22.7 Å². The van der Waals surface area contributed by atoms with Gasteiger partial charge in [-0.15, -0.1) is 0 Å². The van der Waals surface area contributed by atoms with Gasteiger partial charge in [-0.05, 0) is 35.7 Å². The molecule has 0 aromatic heterocycles. The molecule has 2 aromatic carbocycles. The van der Waals surface area contributed by atoms with Gasteiger partial charge in [0, 0.05) is 31.7 Å². The fourth-order valence-corrected chi connectivity index (χ4v) is 5.38. The predicted octanol–water partition coefficient (Wildman–Crippen LogP) is 1.91. The monoisotopic (exact) mass is 416 g/mol. The Balaban J connectivity index is 1.64. The van der Waals surface area contributed by atoms with Gasteiger partial charge in [-0.1, -0.05) is 24.3 Å². The van der Waals surface area contributed by atoms with Gasteiger partial charge in [0.2, 0.25) is 10.0 Å². The van der Waals surface area contributed by atoms with E-state index in [4.69, 9.17) is 9.47 Å². The summed E-state index contributed by atoms with van der Waals surface area (Å²) >= 11 is 0. The largest absolute Gasteiger partial charge is 0.495 e. The first-order valence-corrected chi connectivity index (χ1v) is 11.1. The molecule has 0 aliphatic carbocycles. The predicted molar refractivity (Wildman–Crippen MR) is 107 cm³/mol. The van der Waals surface area contributed by atoms with Crippen molar-refractivity contribution in [1.29, 1.82) is 0 Å². The number of methoxy groups -OCH3 is 1. The molecular weight excluding hydrogens is 392 g/mol. The van der Waals surface area contributed by atoms with Gasteiger partial charge in [-0.3, -0.25) is 4.79 Å². The maximum Gasteiger partial charge on any atom is 0.254 e. The summed E-state index contributed by atoms with van der Waals surface area (Å²) in [5.41, 5.74) is 2.72. The maximum absolute atomic E-state index is 13.1. The second-order valence-electron chi connectivity index (χ2n) is 7.13. The van der Waals surface area contributed by atoms with Crippen LogP contribution in [0.2, 0.25) is 0 Å². The lowest BCUT2D eigenvalue weighted by Gasteiger charge is -2.29. The molecule has 0 radical (unpaired) electrons. The van der Waals surface area contributed by atoms with Crippen LogP contribution in [-0.2, 0) is 27.7 Å². The Hall–Kier alpha value is -2.42. The highest BCUT2D eigenvalue weighted by molar-refractivity contribution is 7.89. The van der Waals surface area contributed by atoms with Gasteiger partial charge in [0.05, 0.1) is 20.3 Å². The average molecular weight is 416 g/mol. The minimum absolute atomic E-state index is 0.0187. The normalized spacial score (nSPS) is 17.6. The highest BCUT2D eigenvalue weighted by atomic mass is 32.2. The minimum atomic E-state index is -3.78. The summed E-state index contributed by atoms with van der Waals surface area (Å²) in [4.78, 5) is 14.9. The quantitative estimate of drug-likeness (QED) is 0.761. The van der Waals surface area contributed by atoms with Gasteiger partial charge in [0.15, 0.2) is 0 Å². The second-order valence-corrected chi connectivity index (χ2v) is 9.03. The van der Waals surface area contributed by atoms with Gasteiger partial charge in [0.1, 0.15) is 10.6 Å². The van der Waals surface area contributed by atoms with Crippen LogP contribution >= 0.6 is 0 Å². The van der Waals surface area contributed by atoms with E-state index < -0.39 is 10.0 Å². The number of benzene rings is 2. The van der Waals surface area contributed by atoms with Gasteiger partial charge in [-0.2, -0.15) is 4.31 Å². The Bertz CT molecular complexity index is 1020. The molecule has 1 saturated heterocycles. The van der Waals surface area contributed by atoms with E-state index in [1.54, 1.807) is 17.0 Å². The smallest absolute Gasteiger partial charge is 0.254 e. The van der Waals surface area contributed by atoms with E-state index in [0.717, 1.165) is 12.0 Å². The molecule has 2 aliphatic heterocycles. The number of sulfonamides is 1. The van der Waals surface area contributed by atoms with Crippen molar-refractivity contribution >= 4 is 15.9 Å². The molecule has 0 atom stereocenters. The van der Waals surface area contributed by atoms with Crippen LogP contribution in [0.3, 0.4) is 0 Å². The van der Waals surface area contributed by atoms with E-state index in [0.29, 0.717) is 31.9 Å². The highest BCUT2D eigenvalue weighted by Gasteiger charge is 2.31. The molecule has 7 nitrogen and oxygen atoms in total. The van der Waals surface area contributed by atoms with Crippen molar-refractivity contribution in [3.63, 3.8) is 0 Å². The Labute approximate surface area is 170 Å². The number of nitrogens with zero attached hydrogens (tertiary/aromatic N) is 2. The number of carbonyl (C=O) groups excluding carboxylic acids is 1. The van der Waals surface area contributed by atoms with Crippen molar-refractivity contribution in [2.45, 2.75) is 17.9 Å². The summed E-state index contributed by atoms with van der Waals surface area (Å²) in [6.07, 6.45) is 0.789. The third-order valence-corrected chi connectivity index (χ3v) is 7.34. The van der Waals surface area contributed by atoms with E-state index in [1.807, 2.05) is 18.2 Å². The zero-order valence-electron chi connectivity index (χ0n) is 16.3. The van der Waals surface area contributed by atoms with Crippen molar-refractivity contribution in [2.24, 2.45) is 0 Å². The molecule has 1 amide bonds. The summed E-state index contributed by atoms with van der Waals surface area (Å²) in [5, 5.41) is 0. The number of hydrogen-bond donors (Lipinski definition) is 0. The first-order chi connectivity index (χ1) is 14.0. The minimum Gasteiger partial charge on any atom is -0.495 e. The van der Waals surface area contributed by atoms with E-state index in [9.17, 15) is 13.2 Å². The first-order valence-electron chi connectivity index (χ1n) is 9.62. The average Bonchev–Trinajstić information content (AvgIpc) is 2.78. The Morgan fingerprint density at radius 1 is 1.03 bits per heavy atom. The molecule has 2 aromatic rings. The molecule has 2 heterocycles. The molecule has 0 saturated carbocycles. The zero-order chi connectivity index (χ0) is 20.4. The van der Waals surface area contributed by atoms with Gasteiger partial charge in [0.25, 0.3) is 5.91 Å². The van der Waals surface area contributed by atoms with Crippen LogP contribution < -0.4 is 4.74 Å². The molecular formula is C21H24N2O5S. The van der Waals surface area contributed by atoms with Crippen LogP contribution in [0, 0.1) is 0 Å². The summed E-state index contributed by atoms with van der Waals surface area (Å²) in [7, 11) is -2.36. The molecule has 4 rings (SSSR count). The lowest BCUT2D eigenvalue weighted by molar-refractivity contribution is 0.0726. The summed E-state index contributed by atoms with van der Waals surface area (Å²) in [5.74, 6) is 0.0533. The summed E-state index contributed by atoms with van der Waals surface area (Å²) in [6, 6.07) is 12.7. The third-order valence-electron chi connectivity index (χ3n) is 5.42. The molecule has 0 unspecified atom stereocenters. The van der Waals surface area contributed by atoms with Crippen LogP contribution in [0.25, 0.3) is 0 Å². The lowest BCUT2D eigenvalue weighted by atomic mass is 9.99. The van der Waals surface area contributed by atoms with Crippen molar-refractivity contribution in [1.82, 2.24) is 9.21 Å². The van der Waals surface area contributed by atoms with E-state index in [1.165, 1.54) is 23.0 Å². The van der Waals surface area contributed by atoms with Crippen molar-refractivity contribution in [2.75, 3.05) is 40.0 Å². The van der Waals surface area contributed by atoms with Crippen molar-refractivity contribution in [3.05, 3.63) is 59.2 Å². The van der Waals surface area contributed by atoms with E-state index >= 15 is 0 Å². The topological polar surface area (TPSA) is 76.2 Å². The maximum atomic E-state index is 13.1. The molecule has 1 fully saturated rings. The Morgan fingerprint density at radius 3 is 2.48 bits per heavy atom. The standard InChI is InChI=1S/C21H24N2O5S/c1-27-19-7-6-17(14-20(19)29(25,26)23-10-12-28-13-11-23)21(24)22-9-8-16-4-2-3-5-18(16)15-22/h2-7,14H,8-13,15H2,1H3. The van der Waals surface area contributed by atoms with Crippen LogP contribution in [-0.4, -0.2) is 63.5 Å². The molecule has 0 bridgehead atoms. The van der Waals surface area contributed by atoms with Gasteiger partial charge >= 0.3 is 0 Å². The lowest BCUT2D eigenvalue weighted by Crippen LogP contribution is -2.41. The fraction of sp³-hybridized carbons (Fsp3) is 0.381. The second kappa shape index (κ2) is 8.14. The van der Waals surface area contributed by atoms with Crippen LogP contribution in [0.15, 0.2) is 47.4 Å².